The Hall–Kier alpha value is -0.570. The minimum atomic E-state index is 0.372. The largest absolute Gasteiger partial charge is 0.343 e. The molecule has 1 aliphatic carbocycles. The van der Waals surface area contributed by atoms with Gasteiger partial charge in [-0.3, -0.25) is 4.79 Å². The average Bonchev–Trinajstić information content (AvgIpc) is 2.69. The quantitative estimate of drug-likeness (QED) is 0.820. The summed E-state index contributed by atoms with van der Waals surface area (Å²) in [7, 11) is 0. The van der Waals surface area contributed by atoms with E-state index in [9.17, 15) is 4.79 Å². The van der Waals surface area contributed by atoms with Crippen molar-refractivity contribution in [3.8, 4) is 0 Å². The van der Waals surface area contributed by atoms with Crippen molar-refractivity contribution in [3.63, 3.8) is 0 Å². The number of likely N-dealkylation sites (tertiary alicyclic amines) is 1. The molecule has 1 heterocycles. The molecule has 98 valence electrons. The summed E-state index contributed by atoms with van der Waals surface area (Å²) in [5.74, 6) is 1.03. The molecule has 0 aromatic carbocycles. The number of carbonyl (C=O) groups is 1. The summed E-state index contributed by atoms with van der Waals surface area (Å²) in [6, 6.07) is 0.389. The van der Waals surface area contributed by atoms with Crippen molar-refractivity contribution in [1.82, 2.24) is 4.90 Å². The summed E-state index contributed by atoms with van der Waals surface area (Å²) < 4.78 is 0. The minimum Gasteiger partial charge on any atom is -0.343 e. The van der Waals surface area contributed by atoms with Gasteiger partial charge in [0.05, 0.1) is 0 Å². The Morgan fingerprint density at radius 1 is 1.12 bits per heavy atom. The van der Waals surface area contributed by atoms with Crippen LogP contribution in [0.25, 0.3) is 0 Å². The van der Waals surface area contributed by atoms with Crippen molar-refractivity contribution < 1.29 is 4.79 Å². The van der Waals surface area contributed by atoms with Gasteiger partial charge in [0.25, 0.3) is 0 Å². The van der Waals surface area contributed by atoms with Gasteiger partial charge in [0.2, 0.25) is 5.91 Å². The van der Waals surface area contributed by atoms with E-state index in [0.717, 1.165) is 32.4 Å². The van der Waals surface area contributed by atoms with E-state index in [-0.39, 0.29) is 0 Å². The lowest BCUT2D eigenvalue weighted by atomic mass is 9.99. The fraction of sp³-hybridized carbons (Fsp3) is 0.929. The summed E-state index contributed by atoms with van der Waals surface area (Å²) in [5, 5.41) is 0. The molecular formula is C14H26N2O. The summed E-state index contributed by atoms with van der Waals surface area (Å²) >= 11 is 0. The van der Waals surface area contributed by atoms with Gasteiger partial charge in [-0.15, -0.1) is 0 Å². The number of hydrogen-bond acceptors (Lipinski definition) is 2. The Morgan fingerprint density at radius 2 is 1.94 bits per heavy atom. The molecule has 2 fully saturated rings. The molecule has 0 bridgehead atoms. The van der Waals surface area contributed by atoms with Gasteiger partial charge in [-0.2, -0.15) is 0 Å². The molecule has 0 spiro atoms. The van der Waals surface area contributed by atoms with Crippen LogP contribution in [0.1, 0.15) is 57.8 Å². The molecule has 0 aromatic rings. The number of amides is 1. The molecule has 1 amide bonds. The molecule has 2 N–H and O–H groups in total. The number of nitrogens with zero attached hydrogens (tertiary/aromatic N) is 1. The van der Waals surface area contributed by atoms with Gasteiger partial charge in [0.1, 0.15) is 0 Å². The third kappa shape index (κ3) is 3.70. The molecule has 1 saturated heterocycles. The average molecular weight is 238 g/mol. The molecule has 0 radical (unpaired) electrons. The van der Waals surface area contributed by atoms with E-state index in [4.69, 9.17) is 5.73 Å². The topological polar surface area (TPSA) is 46.3 Å². The van der Waals surface area contributed by atoms with Crippen LogP contribution in [0, 0.1) is 5.92 Å². The summed E-state index contributed by atoms with van der Waals surface area (Å²) in [4.78, 5) is 14.0. The van der Waals surface area contributed by atoms with Crippen LogP contribution < -0.4 is 5.73 Å². The zero-order chi connectivity index (χ0) is 12.1. The summed E-state index contributed by atoms with van der Waals surface area (Å²) in [5.41, 5.74) is 6.08. The lowest BCUT2D eigenvalue weighted by Gasteiger charge is -2.27. The summed E-state index contributed by atoms with van der Waals surface area (Å²) in [6.07, 6.45) is 10.4. The zero-order valence-electron chi connectivity index (χ0n) is 10.9. The molecule has 3 nitrogen and oxygen atoms in total. The molecule has 2 aliphatic rings. The van der Waals surface area contributed by atoms with Crippen LogP contribution in [0.4, 0.5) is 0 Å². The monoisotopic (exact) mass is 238 g/mol. The predicted molar refractivity (Wildman–Crippen MR) is 69.6 cm³/mol. The molecule has 2 unspecified atom stereocenters. The van der Waals surface area contributed by atoms with Crippen LogP contribution in [-0.2, 0) is 4.79 Å². The zero-order valence-corrected chi connectivity index (χ0v) is 10.9. The van der Waals surface area contributed by atoms with Gasteiger partial charge < -0.3 is 10.6 Å². The normalized spacial score (nSPS) is 31.4. The van der Waals surface area contributed by atoms with Gasteiger partial charge in [0, 0.05) is 25.6 Å². The molecule has 0 aromatic heterocycles. The SMILES string of the molecule is NC1CCCC1CCN1CCCCCCC1=O. The van der Waals surface area contributed by atoms with Crippen molar-refractivity contribution >= 4 is 5.91 Å². The second-order valence-electron chi connectivity index (χ2n) is 5.69. The first-order valence-corrected chi connectivity index (χ1v) is 7.31. The van der Waals surface area contributed by atoms with Crippen LogP contribution in [-0.4, -0.2) is 29.9 Å². The van der Waals surface area contributed by atoms with Gasteiger partial charge in [-0.1, -0.05) is 19.3 Å². The lowest BCUT2D eigenvalue weighted by molar-refractivity contribution is -0.132. The van der Waals surface area contributed by atoms with E-state index >= 15 is 0 Å². The summed E-state index contributed by atoms with van der Waals surface area (Å²) in [6.45, 7) is 1.91. The van der Waals surface area contributed by atoms with Crippen molar-refractivity contribution in [2.75, 3.05) is 13.1 Å². The highest BCUT2D eigenvalue weighted by molar-refractivity contribution is 5.76. The van der Waals surface area contributed by atoms with E-state index in [0.29, 0.717) is 17.9 Å². The van der Waals surface area contributed by atoms with Crippen molar-refractivity contribution in [1.29, 1.82) is 0 Å². The maximum Gasteiger partial charge on any atom is 0.222 e. The van der Waals surface area contributed by atoms with Gasteiger partial charge in [-0.05, 0) is 38.0 Å². The Labute approximate surface area is 105 Å². The number of nitrogens with two attached hydrogens (primary N) is 1. The molecule has 1 aliphatic heterocycles. The third-order valence-corrected chi connectivity index (χ3v) is 4.41. The maximum absolute atomic E-state index is 11.9. The highest BCUT2D eigenvalue weighted by atomic mass is 16.2. The van der Waals surface area contributed by atoms with Crippen LogP contribution in [0.5, 0.6) is 0 Å². The molecule has 17 heavy (non-hydrogen) atoms. The number of hydrogen-bond donors (Lipinski definition) is 1. The maximum atomic E-state index is 11.9. The smallest absolute Gasteiger partial charge is 0.222 e. The van der Waals surface area contributed by atoms with E-state index in [1.807, 2.05) is 0 Å². The first kappa shape index (κ1) is 12.9. The highest BCUT2D eigenvalue weighted by Gasteiger charge is 2.25. The fourth-order valence-electron chi connectivity index (χ4n) is 3.20. The first-order valence-electron chi connectivity index (χ1n) is 7.31. The second-order valence-corrected chi connectivity index (χ2v) is 5.69. The minimum absolute atomic E-state index is 0.372. The lowest BCUT2D eigenvalue weighted by Crippen LogP contribution is -2.36. The van der Waals surface area contributed by atoms with Crippen LogP contribution in [0.2, 0.25) is 0 Å². The Balaban J connectivity index is 1.77. The first-order chi connectivity index (χ1) is 8.27. The third-order valence-electron chi connectivity index (χ3n) is 4.41. The molecule has 2 atom stereocenters. The van der Waals surface area contributed by atoms with Crippen LogP contribution in [0.15, 0.2) is 0 Å². The molecular weight excluding hydrogens is 212 g/mol. The van der Waals surface area contributed by atoms with Gasteiger partial charge >= 0.3 is 0 Å². The van der Waals surface area contributed by atoms with Crippen molar-refractivity contribution in [2.24, 2.45) is 11.7 Å². The molecule has 3 heteroatoms. The number of carbonyl (C=O) groups excluding carboxylic acids is 1. The van der Waals surface area contributed by atoms with Crippen LogP contribution in [0.3, 0.4) is 0 Å². The Bertz CT molecular complexity index is 255. The highest BCUT2D eigenvalue weighted by Crippen LogP contribution is 2.27. The Morgan fingerprint density at radius 3 is 2.71 bits per heavy atom. The van der Waals surface area contributed by atoms with Gasteiger partial charge in [-0.25, -0.2) is 0 Å². The van der Waals surface area contributed by atoms with Crippen molar-refractivity contribution in [2.45, 2.75) is 63.8 Å². The second kappa shape index (κ2) is 6.39. The standard InChI is InChI=1S/C14H26N2O/c15-13-7-5-6-12(13)9-11-16-10-4-2-1-3-8-14(16)17/h12-13H,1-11,15H2. The van der Waals surface area contributed by atoms with E-state index < -0.39 is 0 Å². The molecule has 1 saturated carbocycles. The van der Waals surface area contributed by atoms with Crippen molar-refractivity contribution in [3.05, 3.63) is 0 Å². The Kier molecular flexibility index (Phi) is 4.84. The predicted octanol–water partition coefficient (Wildman–Crippen LogP) is 2.30. The van der Waals surface area contributed by atoms with E-state index in [1.54, 1.807) is 0 Å². The number of rotatable bonds is 3. The van der Waals surface area contributed by atoms with E-state index in [2.05, 4.69) is 4.90 Å². The van der Waals surface area contributed by atoms with Gasteiger partial charge in [0.15, 0.2) is 0 Å². The molecule has 2 rings (SSSR count). The fourth-order valence-corrected chi connectivity index (χ4v) is 3.20. The van der Waals surface area contributed by atoms with E-state index in [1.165, 1.54) is 38.5 Å². The van der Waals surface area contributed by atoms with Crippen LogP contribution >= 0.6 is 0 Å².